The highest BCUT2D eigenvalue weighted by atomic mass is 16.4. The van der Waals surface area contributed by atoms with E-state index in [1.54, 1.807) is 0 Å². The minimum absolute atomic E-state index is 0.111. The molecule has 17 heavy (non-hydrogen) atoms. The number of rotatable bonds is 4. The Morgan fingerprint density at radius 1 is 1.47 bits per heavy atom. The van der Waals surface area contributed by atoms with E-state index < -0.39 is 5.97 Å². The number of carbonyl (C=O) groups excluding carboxylic acids is 1. The summed E-state index contributed by atoms with van der Waals surface area (Å²) in [6, 6.07) is 4.63. The van der Waals surface area contributed by atoms with Crippen LogP contribution in [0, 0.1) is 5.92 Å². The van der Waals surface area contributed by atoms with Gasteiger partial charge in [-0.25, -0.2) is 9.78 Å². The monoisotopic (exact) mass is 234 g/mol. The van der Waals surface area contributed by atoms with Crippen molar-refractivity contribution in [2.45, 2.75) is 25.8 Å². The summed E-state index contributed by atoms with van der Waals surface area (Å²) in [5.74, 6) is -0.867. The average molecular weight is 234 g/mol. The lowest BCUT2D eigenvalue weighted by molar-refractivity contribution is 0.0690. The van der Waals surface area contributed by atoms with Crippen LogP contribution in [-0.4, -0.2) is 28.0 Å². The SMILES string of the molecule is CCC1CC1NC(=O)c1cccc(C(=O)O)n1. The number of carboxylic acid groups (broad SMARTS) is 1. The summed E-state index contributed by atoms with van der Waals surface area (Å²) in [4.78, 5) is 26.3. The van der Waals surface area contributed by atoms with E-state index in [-0.39, 0.29) is 23.3 Å². The van der Waals surface area contributed by atoms with E-state index in [4.69, 9.17) is 5.11 Å². The van der Waals surface area contributed by atoms with Gasteiger partial charge in [0.15, 0.2) is 0 Å². The third kappa shape index (κ3) is 2.61. The van der Waals surface area contributed by atoms with Crippen molar-refractivity contribution in [3.8, 4) is 0 Å². The Bertz CT molecular complexity index is 459. The van der Waals surface area contributed by atoms with E-state index in [9.17, 15) is 9.59 Å². The first-order valence-corrected chi connectivity index (χ1v) is 5.63. The van der Waals surface area contributed by atoms with Crippen LogP contribution in [0.1, 0.15) is 40.7 Å². The molecule has 1 aliphatic carbocycles. The fourth-order valence-corrected chi connectivity index (χ4v) is 1.80. The second kappa shape index (κ2) is 4.53. The number of pyridine rings is 1. The van der Waals surface area contributed by atoms with E-state index in [0.717, 1.165) is 12.8 Å². The van der Waals surface area contributed by atoms with Crippen molar-refractivity contribution in [1.82, 2.24) is 10.3 Å². The minimum Gasteiger partial charge on any atom is -0.477 e. The molecule has 2 rings (SSSR count). The molecule has 1 fully saturated rings. The van der Waals surface area contributed by atoms with E-state index in [2.05, 4.69) is 17.2 Å². The molecule has 0 bridgehead atoms. The first-order valence-electron chi connectivity index (χ1n) is 5.63. The Morgan fingerprint density at radius 2 is 2.18 bits per heavy atom. The first-order chi connectivity index (χ1) is 8.11. The highest BCUT2D eigenvalue weighted by molar-refractivity contribution is 5.94. The normalized spacial score (nSPS) is 21.9. The number of amides is 1. The molecule has 2 N–H and O–H groups in total. The van der Waals surface area contributed by atoms with Crippen molar-refractivity contribution in [2.75, 3.05) is 0 Å². The largest absolute Gasteiger partial charge is 0.477 e. The predicted octanol–water partition coefficient (Wildman–Crippen LogP) is 1.31. The fourth-order valence-electron chi connectivity index (χ4n) is 1.80. The molecule has 1 heterocycles. The summed E-state index contributed by atoms with van der Waals surface area (Å²) in [5, 5.41) is 11.6. The summed E-state index contributed by atoms with van der Waals surface area (Å²) in [6.45, 7) is 2.08. The second-order valence-electron chi connectivity index (χ2n) is 4.20. The van der Waals surface area contributed by atoms with Gasteiger partial charge >= 0.3 is 5.97 Å². The van der Waals surface area contributed by atoms with Gasteiger partial charge in [0, 0.05) is 6.04 Å². The standard InChI is InChI=1S/C12H14N2O3/c1-2-7-6-10(7)14-11(15)8-4-3-5-9(13-8)12(16)17/h3-5,7,10H,2,6H2,1H3,(H,14,15)(H,16,17). The quantitative estimate of drug-likeness (QED) is 0.823. The molecule has 1 amide bonds. The Balaban J connectivity index is 2.04. The van der Waals surface area contributed by atoms with Crippen LogP contribution in [0.25, 0.3) is 0 Å². The highest BCUT2D eigenvalue weighted by Gasteiger charge is 2.36. The summed E-state index contributed by atoms with van der Waals surface area (Å²) in [7, 11) is 0. The van der Waals surface area contributed by atoms with E-state index >= 15 is 0 Å². The van der Waals surface area contributed by atoms with Gasteiger partial charge in [-0.05, 0) is 24.5 Å². The molecule has 0 saturated heterocycles. The number of aromatic carboxylic acids is 1. The second-order valence-corrected chi connectivity index (χ2v) is 4.20. The topological polar surface area (TPSA) is 79.3 Å². The van der Waals surface area contributed by atoms with Gasteiger partial charge in [-0.2, -0.15) is 0 Å². The maximum absolute atomic E-state index is 11.8. The minimum atomic E-state index is -1.13. The van der Waals surface area contributed by atoms with Crippen molar-refractivity contribution < 1.29 is 14.7 Å². The third-order valence-corrected chi connectivity index (χ3v) is 2.96. The fraction of sp³-hybridized carbons (Fsp3) is 0.417. The molecule has 5 nitrogen and oxygen atoms in total. The summed E-state index contributed by atoms with van der Waals surface area (Å²) in [5.41, 5.74) is 0.0483. The summed E-state index contributed by atoms with van der Waals surface area (Å²) < 4.78 is 0. The van der Waals surface area contributed by atoms with Gasteiger partial charge in [-0.15, -0.1) is 0 Å². The molecule has 1 aliphatic rings. The van der Waals surface area contributed by atoms with Crippen molar-refractivity contribution in [1.29, 1.82) is 0 Å². The highest BCUT2D eigenvalue weighted by Crippen LogP contribution is 2.33. The number of carbonyl (C=O) groups is 2. The van der Waals surface area contributed by atoms with Crippen molar-refractivity contribution in [3.05, 3.63) is 29.6 Å². The number of carboxylic acids is 1. The maximum atomic E-state index is 11.8. The lowest BCUT2D eigenvalue weighted by Crippen LogP contribution is -2.28. The molecule has 1 saturated carbocycles. The zero-order valence-corrected chi connectivity index (χ0v) is 9.51. The molecular formula is C12H14N2O3. The summed E-state index contributed by atoms with van der Waals surface area (Å²) >= 11 is 0. The van der Waals surface area contributed by atoms with Crippen LogP contribution in [0.15, 0.2) is 18.2 Å². The molecule has 0 aromatic carbocycles. The van der Waals surface area contributed by atoms with Gasteiger partial charge in [0.2, 0.25) is 0 Å². The van der Waals surface area contributed by atoms with E-state index in [1.165, 1.54) is 18.2 Å². The Morgan fingerprint density at radius 3 is 2.76 bits per heavy atom. The van der Waals surface area contributed by atoms with Gasteiger partial charge in [-0.3, -0.25) is 4.79 Å². The molecule has 1 aromatic rings. The van der Waals surface area contributed by atoms with Crippen molar-refractivity contribution in [3.63, 3.8) is 0 Å². The van der Waals surface area contributed by atoms with Crippen LogP contribution < -0.4 is 5.32 Å². The molecule has 0 radical (unpaired) electrons. The van der Waals surface area contributed by atoms with Crippen LogP contribution >= 0.6 is 0 Å². The zero-order chi connectivity index (χ0) is 12.4. The van der Waals surface area contributed by atoms with E-state index in [1.807, 2.05) is 0 Å². The Labute approximate surface area is 98.9 Å². The van der Waals surface area contributed by atoms with Crippen LogP contribution in [-0.2, 0) is 0 Å². The molecule has 90 valence electrons. The smallest absolute Gasteiger partial charge is 0.354 e. The molecule has 1 aromatic heterocycles. The maximum Gasteiger partial charge on any atom is 0.354 e. The van der Waals surface area contributed by atoms with E-state index in [0.29, 0.717) is 5.92 Å². The average Bonchev–Trinajstić information content (AvgIpc) is 3.07. The number of hydrogen-bond donors (Lipinski definition) is 2. The number of hydrogen-bond acceptors (Lipinski definition) is 3. The van der Waals surface area contributed by atoms with Gasteiger partial charge in [0.1, 0.15) is 11.4 Å². The number of nitrogens with one attached hydrogen (secondary N) is 1. The molecular weight excluding hydrogens is 220 g/mol. The zero-order valence-electron chi connectivity index (χ0n) is 9.51. The number of nitrogens with zero attached hydrogens (tertiary/aromatic N) is 1. The van der Waals surface area contributed by atoms with Crippen molar-refractivity contribution >= 4 is 11.9 Å². The van der Waals surface area contributed by atoms with Gasteiger partial charge in [-0.1, -0.05) is 19.4 Å². The predicted molar refractivity (Wildman–Crippen MR) is 60.8 cm³/mol. The van der Waals surface area contributed by atoms with Gasteiger partial charge < -0.3 is 10.4 Å². The molecule has 2 unspecified atom stereocenters. The lowest BCUT2D eigenvalue weighted by atomic mass is 10.2. The van der Waals surface area contributed by atoms with Crippen molar-refractivity contribution in [2.24, 2.45) is 5.92 Å². The first kappa shape index (κ1) is 11.6. The molecule has 2 atom stereocenters. The third-order valence-electron chi connectivity index (χ3n) is 2.96. The van der Waals surface area contributed by atoms with Crippen LogP contribution in [0.3, 0.4) is 0 Å². The number of aromatic nitrogens is 1. The Hall–Kier alpha value is -1.91. The van der Waals surface area contributed by atoms with Gasteiger partial charge in [0.25, 0.3) is 5.91 Å². The van der Waals surface area contributed by atoms with Crippen LogP contribution in [0.2, 0.25) is 0 Å². The van der Waals surface area contributed by atoms with Crippen LogP contribution in [0.5, 0.6) is 0 Å². The molecule has 5 heteroatoms. The molecule has 0 spiro atoms. The lowest BCUT2D eigenvalue weighted by Gasteiger charge is -2.04. The van der Waals surface area contributed by atoms with Gasteiger partial charge in [0.05, 0.1) is 0 Å². The Kier molecular flexibility index (Phi) is 3.08. The summed E-state index contributed by atoms with van der Waals surface area (Å²) in [6.07, 6.45) is 2.05. The van der Waals surface area contributed by atoms with Crippen LogP contribution in [0.4, 0.5) is 0 Å². The molecule has 0 aliphatic heterocycles.